The minimum absolute atomic E-state index is 0.0666. The lowest BCUT2D eigenvalue weighted by molar-refractivity contribution is -0.141. The number of piperidine rings is 1. The Morgan fingerprint density at radius 1 is 1.23 bits per heavy atom. The van der Waals surface area contributed by atoms with Crippen LogP contribution < -0.4 is 10.8 Å². The number of pyridine rings is 1. The largest absolute Gasteiger partial charge is 0.444 e. The average Bonchev–Trinajstić information content (AvgIpc) is 3.47. The molecule has 0 aliphatic carbocycles. The number of hydrogen-bond donors (Lipinski definition) is 2. The van der Waals surface area contributed by atoms with Crippen LogP contribution in [0.1, 0.15) is 64.6 Å². The van der Waals surface area contributed by atoms with E-state index in [0.29, 0.717) is 69.6 Å². The average molecular weight is 553 g/mol. The molecule has 1 spiro atoms. The van der Waals surface area contributed by atoms with Crippen molar-refractivity contribution in [2.45, 2.75) is 83.3 Å². The van der Waals surface area contributed by atoms with Crippen molar-refractivity contribution in [3.05, 3.63) is 23.5 Å². The number of alkyl halides is 3. The van der Waals surface area contributed by atoms with E-state index in [2.05, 4.69) is 20.9 Å². The zero-order valence-electron chi connectivity index (χ0n) is 22.7. The molecule has 0 bridgehead atoms. The third-order valence-corrected chi connectivity index (χ3v) is 7.23. The molecule has 3 aliphatic heterocycles. The second-order valence-electron chi connectivity index (χ2n) is 11.2. The second kappa shape index (κ2) is 10.2. The topological polar surface area (TPSA) is 103 Å². The van der Waals surface area contributed by atoms with Crippen LogP contribution in [0, 0.1) is 0 Å². The van der Waals surface area contributed by atoms with Crippen LogP contribution in [0.5, 0.6) is 0 Å². The molecule has 2 aromatic heterocycles. The highest BCUT2D eigenvalue weighted by Gasteiger charge is 2.45. The molecule has 13 heteroatoms. The summed E-state index contributed by atoms with van der Waals surface area (Å²) in [5, 5.41) is 8.18. The fourth-order valence-corrected chi connectivity index (χ4v) is 5.23. The van der Waals surface area contributed by atoms with E-state index < -0.39 is 29.2 Å². The normalized spacial score (nSPS) is 20.3. The molecule has 0 radical (unpaired) electrons. The smallest absolute Gasteiger partial charge is 0.434 e. The van der Waals surface area contributed by atoms with E-state index in [1.54, 1.807) is 37.9 Å². The van der Waals surface area contributed by atoms with Crippen LogP contribution in [0.2, 0.25) is 0 Å². The third kappa shape index (κ3) is 5.65. The van der Waals surface area contributed by atoms with Crippen molar-refractivity contribution >= 4 is 28.5 Å². The standard InChI is InChI=1S/C26H35F3N6O4/c1-5-35-22-17(15-30-35)20(31-16-6-12-37-13-7-16)19(21(32-22)26(27,28)29)18-14-25(39-33-18)8-10-34(11-9-25)23(36)38-24(2,3)4/h14-16,33H,5-13H2,1-4H3,(H,31,32). The Kier molecular flexibility index (Phi) is 7.17. The van der Waals surface area contributed by atoms with E-state index in [0.717, 1.165) is 0 Å². The van der Waals surface area contributed by atoms with Crippen LogP contribution in [-0.4, -0.2) is 69.3 Å². The zero-order chi connectivity index (χ0) is 28.0. The van der Waals surface area contributed by atoms with Crippen LogP contribution in [0.25, 0.3) is 16.7 Å². The minimum Gasteiger partial charge on any atom is -0.444 e. The first-order valence-electron chi connectivity index (χ1n) is 13.4. The number of nitrogens with zero attached hydrogens (tertiary/aromatic N) is 4. The van der Waals surface area contributed by atoms with Crippen molar-refractivity contribution in [1.29, 1.82) is 0 Å². The van der Waals surface area contributed by atoms with Gasteiger partial charge in [-0.05, 0) is 46.6 Å². The molecule has 0 aromatic carbocycles. The van der Waals surface area contributed by atoms with Gasteiger partial charge in [0.1, 0.15) is 11.2 Å². The first-order valence-corrected chi connectivity index (χ1v) is 13.4. The molecule has 10 nitrogen and oxygen atoms in total. The number of nitrogens with one attached hydrogen (secondary N) is 2. The summed E-state index contributed by atoms with van der Waals surface area (Å²) in [6, 6.07) is -0.0666. The Hall–Kier alpha value is -3.06. The van der Waals surface area contributed by atoms with Crippen LogP contribution >= 0.6 is 0 Å². The Morgan fingerprint density at radius 3 is 2.54 bits per heavy atom. The summed E-state index contributed by atoms with van der Waals surface area (Å²) >= 11 is 0. The molecule has 214 valence electrons. The van der Waals surface area contributed by atoms with Crippen molar-refractivity contribution in [3.8, 4) is 0 Å². The van der Waals surface area contributed by atoms with E-state index in [1.165, 1.54) is 4.68 Å². The van der Waals surface area contributed by atoms with Crippen molar-refractivity contribution < 1.29 is 32.3 Å². The van der Waals surface area contributed by atoms with Gasteiger partial charge in [0.15, 0.2) is 11.3 Å². The summed E-state index contributed by atoms with van der Waals surface area (Å²) in [7, 11) is 0. The molecular formula is C26H35F3N6O4. The highest BCUT2D eigenvalue weighted by molar-refractivity contribution is 5.97. The monoisotopic (exact) mass is 552 g/mol. The number of rotatable bonds is 4. The minimum atomic E-state index is -4.73. The molecule has 0 saturated carbocycles. The van der Waals surface area contributed by atoms with Crippen molar-refractivity contribution in [2.75, 3.05) is 31.6 Å². The van der Waals surface area contributed by atoms with E-state index in [1.807, 2.05) is 6.92 Å². The van der Waals surface area contributed by atoms with E-state index in [4.69, 9.17) is 14.3 Å². The molecule has 39 heavy (non-hydrogen) atoms. The van der Waals surface area contributed by atoms with Crippen LogP contribution in [0.3, 0.4) is 0 Å². The Morgan fingerprint density at radius 2 is 1.92 bits per heavy atom. The molecule has 2 N–H and O–H groups in total. The summed E-state index contributed by atoms with van der Waals surface area (Å²) in [6.07, 6.45) is 0.250. The number of aryl methyl sites for hydroxylation is 1. The SMILES string of the molecule is CCn1ncc2c(NC3CCOCC3)c(C3=CC4(CCN(C(=O)OC(C)(C)C)CC4)ON3)c(C(F)(F)F)nc21. The van der Waals surface area contributed by atoms with Gasteiger partial charge in [0.2, 0.25) is 0 Å². The third-order valence-electron chi connectivity index (χ3n) is 7.23. The number of anilines is 1. The molecule has 3 aliphatic rings. The molecule has 2 saturated heterocycles. The van der Waals surface area contributed by atoms with Gasteiger partial charge in [0.25, 0.3) is 0 Å². The van der Waals surface area contributed by atoms with Crippen LogP contribution in [-0.2, 0) is 27.0 Å². The summed E-state index contributed by atoms with van der Waals surface area (Å²) in [5.74, 6) is 0. The second-order valence-corrected chi connectivity index (χ2v) is 11.2. The number of hydroxylamine groups is 1. The summed E-state index contributed by atoms with van der Waals surface area (Å²) in [4.78, 5) is 24.1. The fraction of sp³-hybridized carbons (Fsp3) is 0.654. The fourth-order valence-electron chi connectivity index (χ4n) is 5.23. The first-order chi connectivity index (χ1) is 18.4. The van der Waals surface area contributed by atoms with E-state index in [-0.39, 0.29) is 22.9 Å². The van der Waals surface area contributed by atoms with Gasteiger partial charge < -0.3 is 19.7 Å². The van der Waals surface area contributed by atoms with E-state index in [9.17, 15) is 18.0 Å². The van der Waals surface area contributed by atoms with Gasteiger partial charge in [0, 0.05) is 51.7 Å². The number of fused-ring (bicyclic) bond motifs is 1. The number of hydrogen-bond acceptors (Lipinski definition) is 8. The van der Waals surface area contributed by atoms with Gasteiger partial charge in [-0.1, -0.05) is 0 Å². The highest BCUT2D eigenvalue weighted by Crippen LogP contribution is 2.44. The first kappa shape index (κ1) is 27.5. The summed E-state index contributed by atoms with van der Waals surface area (Å²) in [6.45, 7) is 9.35. The lowest BCUT2D eigenvalue weighted by Crippen LogP contribution is -2.48. The molecule has 5 rings (SSSR count). The predicted octanol–water partition coefficient (Wildman–Crippen LogP) is 4.71. The zero-order valence-corrected chi connectivity index (χ0v) is 22.7. The molecular weight excluding hydrogens is 517 g/mol. The lowest BCUT2D eigenvalue weighted by Gasteiger charge is -2.37. The highest BCUT2D eigenvalue weighted by atomic mass is 19.4. The quantitative estimate of drug-likeness (QED) is 0.563. The van der Waals surface area contributed by atoms with Gasteiger partial charge in [-0.2, -0.15) is 18.3 Å². The van der Waals surface area contributed by atoms with Gasteiger partial charge in [-0.15, -0.1) is 0 Å². The lowest BCUT2D eigenvalue weighted by atomic mass is 9.89. The Balaban J connectivity index is 1.52. The number of halogens is 3. The Labute approximate surface area is 224 Å². The number of carbonyl (C=O) groups excluding carboxylic acids is 1. The van der Waals surface area contributed by atoms with Crippen LogP contribution in [0.15, 0.2) is 12.3 Å². The number of amides is 1. The Bertz CT molecular complexity index is 1260. The van der Waals surface area contributed by atoms with Crippen molar-refractivity contribution in [1.82, 2.24) is 25.1 Å². The predicted molar refractivity (Wildman–Crippen MR) is 138 cm³/mol. The summed E-state index contributed by atoms with van der Waals surface area (Å²) in [5.41, 5.74) is 0.885. The number of ether oxygens (including phenoxy) is 2. The van der Waals surface area contributed by atoms with Crippen molar-refractivity contribution in [2.24, 2.45) is 0 Å². The van der Waals surface area contributed by atoms with Crippen molar-refractivity contribution in [3.63, 3.8) is 0 Å². The molecule has 2 fully saturated rings. The maximum Gasteiger partial charge on any atom is 0.434 e. The maximum absolute atomic E-state index is 14.5. The van der Waals surface area contributed by atoms with E-state index >= 15 is 0 Å². The van der Waals surface area contributed by atoms with Gasteiger partial charge >= 0.3 is 12.3 Å². The number of likely N-dealkylation sites (tertiary alicyclic amines) is 1. The molecule has 0 unspecified atom stereocenters. The molecule has 5 heterocycles. The number of carbonyl (C=O) groups is 1. The molecule has 2 aromatic rings. The number of aromatic nitrogens is 3. The van der Waals surface area contributed by atoms with Gasteiger partial charge in [0.05, 0.1) is 28.5 Å². The maximum atomic E-state index is 14.5. The molecule has 0 atom stereocenters. The molecule has 1 amide bonds. The van der Waals surface area contributed by atoms with Gasteiger partial charge in [-0.25, -0.2) is 14.5 Å². The summed E-state index contributed by atoms with van der Waals surface area (Å²) < 4.78 is 56.0. The van der Waals surface area contributed by atoms with Crippen LogP contribution in [0.4, 0.5) is 23.7 Å². The van der Waals surface area contributed by atoms with Gasteiger partial charge in [-0.3, -0.25) is 10.3 Å².